The van der Waals surface area contributed by atoms with Gasteiger partial charge in [-0.2, -0.15) is 5.10 Å². The van der Waals surface area contributed by atoms with E-state index in [0.29, 0.717) is 0 Å². The van der Waals surface area contributed by atoms with Gasteiger partial charge in [-0.15, -0.1) is 6.58 Å². The summed E-state index contributed by atoms with van der Waals surface area (Å²) in [7, 11) is 1.96. The van der Waals surface area contributed by atoms with E-state index in [9.17, 15) is 0 Å². The Kier molecular flexibility index (Phi) is 3.67. The van der Waals surface area contributed by atoms with E-state index >= 15 is 0 Å². The van der Waals surface area contributed by atoms with Gasteiger partial charge in [-0.3, -0.25) is 4.68 Å². The molecule has 1 fully saturated rings. The number of aryl methyl sites for hydroxylation is 2. The summed E-state index contributed by atoms with van der Waals surface area (Å²) in [5.41, 5.74) is 1.50. The van der Waals surface area contributed by atoms with Gasteiger partial charge >= 0.3 is 0 Å². The lowest BCUT2D eigenvalue weighted by atomic mass is 9.84. The average molecular weight is 233 g/mol. The van der Waals surface area contributed by atoms with Crippen molar-refractivity contribution in [1.29, 1.82) is 0 Å². The van der Waals surface area contributed by atoms with E-state index < -0.39 is 0 Å². The van der Waals surface area contributed by atoms with Crippen LogP contribution in [0.5, 0.6) is 0 Å². The molecule has 1 atom stereocenters. The number of rotatable bonds is 7. The fourth-order valence-corrected chi connectivity index (χ4v) is 1.96. The SMILES string of the molecule is C=CC(C)(CCc1cnn(C)c1)CNC1CC1. The van der Waals surface area contributed by atoms with Gasteiger partial charge in [-0.25, -0.2) is 0 Å². The van der Waals surface area contributed by atoms with Crippen LogP contribution in [0, 0.1) is 5.41 Å². The Balaban J connectivity index is 1.82. The van der Waals surface area contributed by atoms with Crippen molar-refractivity contribution < 1.29 is 0 Å². The zero-order chi connectivity index (χ0) is 12.3. The molecule has 0 bridgehead atoms. The van der Waals surface area contributed by atoms with E-state index in [1.165, 1.54) is 18.4 Å². The molecule has 1 aliphatic rings. The van der Waals surface area contributed by atoms with E-state index in [2.05, 4.69) is 36.2 Å². The lowest BCUT2D eigenvalue weighted by molar-refractivity contribution is 0.363. The molecule has 2 rings (SSSR count). The van der Waals surface area contributed by atoms with Crippen LogP contribution in [0.3, 0.4) is 0 Å². The summed E-state index contributed by atoms with van der Waals surface area (Å²) in [5.74, 6) is 0. The Morgan fingerprint density at radius 2 is 2.41 bits per heavy atom. The van der Waals surface area contributed by atoms with Crippen LogP contribution >= 0.6 is 0 Å². The van der Waals surface area contributed by atoms with Crippen LogP contribution in [0.4, 0.5) is 0 Å². The molecule has 0 saturated heterocycles. The standard InChI is InChI=1S/C14H23N3/c1-4-14(2,11-15-13-5-6-13)8-7-12-9-16-17(3)10-12/h4,9-10,13,15H,1,5-8,11H2,2-3H3. The van der Waals surface area contributed by atoms with Crippen LogP contribution in [-0.4, -0.2) is 22.4 Å². The van der Waals surface area contributed by atoms with Gasteiger partial charge in [-0.05, 0) is 36.7 Å². The molecule has 0 spiro atoms. The van der Waals surface area contributed by atoms with Crippen LogP contribution in [0.15, 0.2) is 25.0 Å². The zero-order valence-electron chi connectivity index (χ0n) is 10.9. The van der Waals surface area contributed by atoms with E-state index in [1.807, 2.05) is 17.9 Å². The van der Waals surface area contributed by atoms with Crippen molar-refractivity contribution in [2.45, 2.75) is 38.6 Å². The first kappa shape index (κ1) is 12.4. The van der Waals surface area contributed by atoms with Crippen molar-refractivity contribution in [2.75, 3.05) is 6.54 Å². The first-order valence-electron chi connectivity index (χ1n) is 6.46. The fraction of sp³-hybridized carbons (Fsp3) is 0.643. The average Bonchev–Trinajstić information content (AvgIpc) is 3.07. The molecule has 1 saturated carbocycles. The smallest absolute Gasteiger partial charge is 0.0521 e. The highest BCUT2D eigenvalue weighted by Crippen LogP contribution is 2.27. The van der Waals surface area contributed by atoms with E-state index in [1.54, 1.807) is 0 Å². The molecule has 0 radical (unpaired) electrons. The van der Waals surface area contributed by atoms with E-state index in [4.69, 9.17) is 0 Å². The Bertz CT molecular complexity index is 379. The summed E-state index contributed by atoms with van der Waals surface area (Å²) in [4.78, 5) is 0. The third kappa shape index (κ3) is 3.70. The molecular weight excluding hydrogens is 210 g/mol. The van der Waals surface area contributed by atoms with Crippen molar-refractivity contribution in [2.24, 2.45) is 12.5 Å². The largest absolute Gasteiger partial charge is 0.313 e. The number of nitrogens with one attached hydrogen (secondary N) is 1. The van der Waals surface area contributed by atoms with Gasteiger partial charge in [0.05, 0.1) is 6.20 Å². The normalized spacial score (nSPS) is 18.9. The highest BCUT2D eigenvalue weighted by molar-refractivity contribution is 5.06. The van der Waals surface area contributed by atoms with Crippen LogP contribution in [0.25, 0.3) is 0 Å². The molecule has 1 heterocycles. The molecule has 1 aromatic heterocycles. The molecule has 3 heteroatoms. The molecule has 1 unspecified atom stereocenters. The van der Waals surface area contributed by atoms with Crippen molar-refractivity contribution in [3.8, 4) is 0 Å². The molecule has 0 aliphatic heterocycles. The maximum atomic E-state index is 4.20. The fourth-order valence-electron chi connectivity index (χ4n) is 1.96. The molecule has 0 aromatic carbocycles. The quantitative estimate of drug-likeness (QED) is 0.732. The summed E-state index contributed by atoms with van der Waals surface area (Å²) < 4.78 is 1.86. The van der Waals surface area contributed by atoms with E-state index in [-0.39, 0.29) is 5.41 Å². The lowest BCUT2D eigenvalue weighted by Gasteiger charge is -2.26. The van der Waals surface area contributed by atoms with E-state index in [0.717, 1.165) is 25.4 Å². The Morgan fingerprint density at radius 1 is 1.65 bits per heavy atom. The number of hydrogen-bond acceptors (Lipinski definition) is 2. The highest BCUT2D eigenvalue weighted by atomic mass is 15.2. The van der Waals surface area contributed by atoms with Crippen LogP contribution in [0.1, 0.15) is 31.7 Å². The summed E-state index contributed by atoms with van der Waals surface area (Å²) in [6, 6.07) is 0.771. The molecule has 17 heavy (non-hydrogen) atoms. The number of aromatic nitrogens is 2. The topological polar surface area (TPSA) is 29.9 Å². The summed E-state index contributed by atoms with van der Waals surface area (Å²) in [5, 5.41) is 7.80. The molecule has 1 aliphatic carbocycles. The molecule has 94 valence electrons. The summed E-state index contributed by atoms with van der Waals surface area (Å²) >= 11 is 0. The molecule has 1 aromatic rings. The second kappa shape index (κ2) is 5.05. The van der Waals surface area contributed by atoms with Crippen molar-refractivity contribution >= 4 is 0 Å². The van der Waals surface area contributed by atoms with Gasteiger partial charge < -0.3 is 5.32 Å². The predicted octanol–water partition coefficient (Wildman–Crippen LogP) is 2.30. The van der Waals surface area contributed by atoms with Crippen molar-refractivity contribution in [3.63, 3.8) is 0 Å². The van der Waals surface area contributed by atoms with Crippen LogP contribution in [-0.2, 0) is 13.5 Å². The minimum absolute atomic E-state index is 0.193. The number of hydrogen-bond donors (Lipinski definition) is 1. The van der Waals surface area contributed by atoms with Gasteiger partial charge in [0, 0.05) is 25.8 Å². The first-order valence-corrected chi connectivity index (χ1v) is 6.46. The maximum absolute atomic E-state index is 4.20. The maximum Gasteiger partial charge on any atom is 0.0521 e. The minimum Gasteiger partial charge on any atom is -0.313 e. The third-order valence-electron chi connectivity index (χ3n) is 3.61. The Labute approximate surface area is 104 Å². The lowest BCUT2D eigenvalue weighted by Crippen LogP contribution is -2.32. The second-order valence-electron chi connectivity index (χ2n) is 5.54. The van der Waals surface area contributed by atoms with Crippen molar-refractivity contribution in [3.05, 3.63) is 30.6 Å². The monoisotopic (exact) mass is 233 g/mol. The van der Waals surface area contributed by atoms with Gasteiger partial charge in [0.1, 0.15) is 0 Å². The summed E-state index contributed by atoms with van der Waals surface area (Å²) in [6.07, 6.45) is 11.0. The third-order valence-corrected chi connectivity index (χ3v) is 3.61. The van der Waals surface area contributed by atoms with Gasteiger partial charge in [0.2, 0.25) is 0 Å². The minimum atomic E-state index is 0.193. The molecule has 1 N–H and O–H groups in total. The summed E-state index contributed by atoms with van der Waals surface area (Å²) in [6.45, 7) is 7.31. The van der Waals surface area contributed by atoms with Gasteiger partial charge in [0.15, 0.2) is 0 Å². The Morgan fingerprint density at radius 3 is 2.94 bits per heavy atom. The Hall–Kier alpha value is -1.09. The van der Waals surface area contributed by atoms with Gasteiger partial charge in [0.25, 0.3) is 0 Å². The van der Waals surface area contributed by atoms with Crippen LogP contribution < -0.4 is 5.32 Å². The molecular formula is C14H23N3. The second-order valence-corrected chi connectivity index (χ2v) is 5.54. The van der Waals surface area contributed by atoms with Gasteiger partial charge in [-0.1, -0.05) is 13.0 Å². The number of nitrogens with zero attached hydrogens (tertiary/aromatic N) is 2. The molecule has 3 nitrogen and oxygen atoms in total. The molecule has 0 amide bonds. The first-order chi connectivity index (χ1) is 8.11. The van der Waals surface area contributed by atoms with Crippen molar-refractivity contribution in [1.82, 2.24) is 15.1 Å². The predicted molar refractivity (Wildman–Crippen MR) is 70.9 cm³/mol. The van der Waals surface area contributed by atoms with Crippen LogP contribution in [0.2, 0.25) is 0 Å². The highest BCUT2D eigenvalue weighted by Gasteiger charge is 2.26. The zero-order valence-corrected chi connectivity index (χ0v) is 10.9.